The van der Waals surface area contributed by atoms with Crippen molar-refractivity contribution in [3.63, 3.8) is 0 Å². The second kappa shape index (κ2) is 9.53. The SMILES string of the molecule is N/C(=N\N(N)CC(=O)O)c1cnc(N2CCC(C(=O)c3ccccc3C(F)(F)F)CC2)s1. The monoisotopic (exact) mass is 470 g/mol. The van der Waals surface area contributed by atoms with Crippen molar-refractivity contribution in [1.82, 2.24) is 10.1 Å². The lowest BCUT2D eigenvalue weighted by atomic mass is 9.87. The van der Waals surface area contributed by atoms with Crippen molar-refractivity contribution in [2.75, 3.05) is 24.5 Å². The van der Waals surface area contributed by atoms with Gasteiger partial charge in [-0.05, 0) is 18.9 Å². The normalized spacial score (nSPS) is 15.6. The van der Waals surface area contributed by atoms with Crippen LogP contribution in [0, 0.1) is 5.92 Å². The number of carbonyl (C=O) groups excluding carboxylic acids is 1. The number of Topliss-reactive ketones (excluding diaryl/α,β-unsaturated/α-hetero) is 1. The number of aromatic nitrogens is 1. The lowest BCUT2D eigenvalue weighted by Gasteiger charge is -2.31. The summed E-state index contributed by atoms with van der Waals surface area (Å²) in [6.45, 7) is 0.360. The van der Waals surface area contributed by atoms with E-state index in [-0.39, 0.29) is 11.4 Å². The van der Waals surface area contributed by atoms with E-state index in [1.54, 1.807) is 0 Å². The van der Waals surface area contributed by atoms with Gasteiger partial charge in [-0.25, -0.2) is 15.9 Å². The van der Waals surface area contributed by atoms with Crippen LogP contribution in [-0.4, -0.2) is 52.4 Å². The molecular formula is C19H21F3N6O3S. The molecular weight excluding hydrogens is 449 g/mol. The molecule has 1 aliphatic rings. The molecule has 0 amide bonds. The number of nitrogens with two attached hydrogens (primary N) is 2. The first-order valence-electron chi connectivity index (χ1n) is 9.56. The number of carboxylic acid groups (broad SMARTS) is 1. The fraction of sp³-hybridized carbons (Fsp3) is 0.368. The first-order chi connectivity index (χ1) is 15.1. The van der Waals surface area contributed by atoms with Crippen molar-refractivity contribution in [2.45, 2.75) is 19.0 Å². The minimum Gasteiger partial charge on any atom is -0.480 e. The van der Waals surface area contributed by atoms with E-state index in [4.69, 9.17) is 16.7 Å². The van der Waals surface area contributed by atoms with Gasteiger partial charge in [0.1, 0.15) is 0 Å². The topological polar surface area (TPSA) is 138 Å². The summed E-state index contributed by atoms with van der Waals surface area (Å²) in [5, 5.41) is 13.8. The Morgan fingerprint density at radius 1 is 1.28 bits per heavy atom. The van der Waals surface area contributed by atoms with Gasteiger partial charge in [-0.3, -0.25) is 9.59 Å². The van der Waals surface area contributed by atoms with Gasteiger partial charge in [0, 0.05) is 24.6 Å². The van der Waals surface area contributed by atoms with Crippen molar-refractivity contribution in [1.29, 1.82) is 0 Å². The number of carbonyl (C=O) groups is 2. The average molecular weight is 470 g/mol. The third-order valence-corrected chi connectivity index (χ3v) is 5.99. The number of carboxylic acids is 1. The number of nitrogens with zero attached hydrogens (tertiary/aromatic N) is 4. The molecule has 1 aromatic carbocycles. The zero-order valence-electron chi connectivity index (χ0n) is 16.7. The second-order valence-electron chi connectivity index (χ2n) is 7.15. The van der Waals surface area contributed by atoms with Crippen LogP contribution in [-0.2, 0) is 11.0 Å². The molecule has 0 saturated carbocycles. The van der Waals surface area contributed by atoms with Crippen molar-refractivity contribution in [3.8, 4) is 0 Å². The quantitative estimate of drug-likeness (QED) is 0.184. The number of benzene rings is 1. The van der Waals surface area contributed by atoms with E-state index in [9.17, 15) is 22.8 Å². The third kappa shape index (κ3) is 5.53. The molecule has 1 fully saturated rings. The van der Waals surface area contributed by atoms with Crippen LogP contribution < -0.4 is 16.5 Å². The number of thiazole rings is 1. The standard InChI is InChI=1S/C19H21F3N6O3S/c20-19(21,22)13-4-2-1-3-12(13)16(31)11-5-7-27(8-6-11)18-25-9-14(32-18)17(23)26-28(24)10-15(29)30/h1-4,9,11H,5-8,10,24H2,(H2,23,26)(H,29,30). The number of halogens is 3. The van der Waals surface area contributed by atoms with Gasteiger partial charge in [-0.15, -0.1) is 5.10 Å². The van der Waals surface area contributed by atoms with Crippen LogP contribution in [0.15, 0.2) is 35.6 Å². The van der Waals surface area contributed by atoms with Gasteiger partial charge in [-0.2, -0.15) is 13.2 Å². The van der Waals surface area contributed by atoms with Crippen LogP contribution >= 0.6 is 11.3 Å². The molecule has 32 heavy (non-hydrogen) atoms. The molecule has 0 bridgehead atoms. The van der Waals surface area contributed by atoms with Crippen molar-refractivity contribution < 1.29 is 27.9 Å². The van der Waals surface area contributed by atoms with E-state index in [0.29, 0.717) is 41.1 Å². The first-order valence-corrected chi connectivity index (χ1v) is 10.4. The van der Waals surface area contributed by atoms with Crippen LogP contribution in [0.4, 0.5) is 18.3 Å². The summed E-state index contributed by atoms with van der Waals surface area (Å²) < 4.78 is 39.7. The number of amidine groups is 1. The number of ketones is 1. The molecule has 5 N–H and O–H groups in total. The molecule has 0 unspecified atom stereocenters. The Morgan fingerprint density at radius 3 is 2.56 bits per heavy atom. The number of rotatable bonds is 7. The minimum atomic E-state index is -4.59. The largest absolute Gasteiger partial charge is 0.480 e. The smallest absolute Gasteiger partial charge is 0.417 e. The number of piperidine rings is 1. The molecule has 172 valence electrons. The van der Waals surface area contributed by atoms with Crippen LogP contribution in [0.2, 0.25) is 0 Å². The first kappa shape index (κ1) is 23.5. The van der Waals surface area contributed by atoms with Crippen molar-refractivity contribution in [3.05, 3.63) is 46.5 Å². The Morgan fingerprint density at radius 2 is 1.94 bits per heavy atom. The predicted molar refractivity (Wildman–Crippen MR) is 112 cm³/mol. The number of anilines is 1. The zero-order chi connectivity index (χ0) is 23.5. The van der Waals surface area contributed by atoms with Gasteiger partial charge < -0.3 is 15.7 Å². The molecule has 1 aliphatic heterocycles. The summed E-state index contributed by atoms with van der Waals surface area (Å²) in [5.74, 6) is 3.28. The second-order valence-corrected chi connectivity index (χ2v) is 8.16. The Labute approximate surface area is 185 Å². The Bertz CT molecular complexity index is 1020. The van der Waals surface area contributed by atoms with Crippen LogP contribution in [0.25, 0.3) is 0 Å². The number of aliphatic carboxylic acids is 1. The Kier molecular flexibility index (Phi) is 6.99. The molecule has 2 heterocycles. The minimum absolute atomic E-state index is 0.00585. The molecule has 0 spiro atoms. The van der Waals surface area contributed by atoms with Gasteiger partial charge in [0.2, 0.25) is 0 Å². The molecule has 1 saturated heterocycles. The van der Waals surface area contributed by atoms with Crippen LogP contribution in [0.3, 0.4) is 0 Å². The lowest BCUT2D eigenvalue weighted by Crippen LogP contribution is -2.36. The molecule has 1 aromatic heterocycles. The average Bonchev–Trinajstić information content (AvgIpc) is 3.22. The number of hydrazine groups is 1. The maximum atomic E-state index is 13.2. The summed E-state index contributed by atoms with van der Waals surface area (Å²) in [7, 11) is 0. The molecule has 0 aliphatic carbocycles. The highest BCUT2D eigenvalue weighted by Gasteiger charge is 2.37. The van der Waals surface area contributed by atoms with E-state index in [1.165, 1.54) is 35.7 Å². The van der Waals surface area contributed by atoms with E-state index >= 15 is 0 Å². The predicted octanol–water partition coefficient (Wildman–Crippen LogP) is 2.14. The molecule has 13 heteroatoms. The third-order valence-electron chi connectivity index (χ3n) is 4.91. The maximum Gasteiger partial charge on any atom is 0.417 e. The Balaban J connectivity index is 1.64. The molecule has 2 aromatic rings. The van der Waals surface area contributed by atoms with Gasteiger partial charge in [0.05, 0.1) is 16.6 Å². The van der Waals surface area contributed by atoms with E-state index in [1.807, 2.05) is 4.90 Å². The molecule has 0 radical (unpaired) electrons. The van der Waals surface area contributed by atoms with Gasteiger partial charge >= 0.3 is 12.1 Å². The van der Waals surface area contributed by atoms with E-state index in [0.717, 1.165) is 6.07 Å². The van der Waals surface area contributed by atoms with Crippen molar-refractivity contribution >= 4 is 34.1 Å². The number of alkyl halides is 3. The highest BCUT2D eigenvalue weighted by atomic mass is 32.1. The summed E-state index contributed by atoms with van der Waals surface area (Å²) in [5.41, 5.74) is 4.63. The molecule has 9 nitrogen and oxygen atoms in total. The van der Waals surface area contributed by atoms with Gasteiger partial charge in [0.15, 0.2) is 23.3 Å². The summed E-state index contributed by atoms with van der Waals surface area (Å²) in [6, 6.07) is 4.84. The van der Waals surface area contributed by atoms with E-state index in [2.05, 4.69) is 10.1 Å². The van der Waals surface area contributed by atoms with Crippen molar-refractivity contribution in [2.24, 2.45) is 22.6 Å². The Hall–Kier alpha value is -3.19. The molecule has 0 atom stereocenters. The van der Waals surface area contributed by atoms with Gasteiger partial charge in [0.25, 0.3) is 0 Å². The summed E-state index contributed by atoms with van der Waals surface area (Å²) in [6.07, 6.45) is -2.34. The summed E-state index contributed by atoms with van der Waals surface area (Å²) >= 11 is 1.22. The number of hydrogen-bond acceptors (Lipinski definition) is 8. The molecule has 3 rings (SSSR count). The number of hydrogen-bond donors (Lipinski definition) is 3. The lowest BCUT2D eigenvalue weighted by molar-refractivity contribution is -0.139. The summed E-state index contributed by atoms with van der Waals surface area (Å²) in [4.78, 5) is 30.1. The maximum absolute atomic E-state index is 13.2. The zero-order valence-corrected chi connectivity index (χ0v) is 17.6. The van der Waals surface area contributed by atoms with Gasteiger partial charge in [-0.1, -0.05) is 29.5 Å². The number of hydrazone groups is 1. The fourth-order valence-electron chi connectivity index (χ4n) is 3.39. The van der Waals surface area contributed by atoms with Crippen LogP contribution in [0.1, 0.15) is 33.6 Å². The highest BCUT2D eigenvalue weighted by molar-refractivity contribution is 7.17. The highest BCUT2D eigenvalue weighted by Crippen LogP contribution is 2.35. The van der Waals surface area contributed by atoms with E-state index < -0.39 is 36.0 Å². The fourth-order valence-corrected chi connectivity index (χ4v) is 4.25. The van der Waals surface area contributed by atoms with Crippen LogP contribution in [0.5, 0.6) is 0 Å².